The molecule has 1 aromatic rings. The average molecular weight is 337 g/mol. The maximum Gasteiger partial charge on any atom is 0.246 e. The minimum atomic E-state index is -0.00359. The molecule has 0 bridgehead atoms. The second kappa shape index (κ2) is 6.70. The maximum absolute atomic E-state index is 12.0. The topological polar surface area (TPSA) is 40.6 Å². The number of halogens is 1. The summed E-state index contributed by atoms with van der Waals surface area (Å²) in [6.45, 7) is 4.00. The predicted octanol–water partition coefficient (Wildman–Crippen LogP) is 2.15. The maximum atomic E-state index is 12.0. The average Bonchev–Trinajstić information content (AvgIpc) is 2.46. The van der Waals surface area contributed by atoms with Crippen LogP contribution in [0, 0.1) is 0 Å². The first-order valence-electron chi connectivity index (χ1n) is 6.54. The summed E-state index contributed by atoms with van der Waals surface area (Å²) in [7, 11) is 0. The molecule has 20 heavy (non-hydrogen) atoms. The molecule has 1 aliphatic rings. The van der Waals surface area contributed by atoms with Crippen molar-refractivity contribution < 1.29 is 9.59 Å². The van der Waals surface area contributed by atoms with Crippen LogP contribution < -0.4 is 0 Å². The molecule has 2 amide bonds. The van der Waals surface area contributed by atoms with Gasteiger partial charge in [0.1, 0.15) is 0 Å². The van der Waals surface area contributed by atoms with Gasteiger partial charge in [0.15, 0.2) is 0 Å². The first kappa shape index (κ1) is 14.8. The highest BCUT2D eigenvalue weighted by molar-refractivity contribution is 9.10. The van der Waals surface area contributed by atoms with Gasteiger partial charge in [-0.3, -0.25) is 9.59 Å². The molecule has 1 fully saturated rings. The molecule has 1 saturated heterocycles. The molecule has 0 N–H and O–H groups in total. The van der Waals surface area contributed by atoms with Crippen molar-refractivity contribution in [3.05, 3.63) is 40.4 Å². The van der Waals surface area contributed by atoms with E-state index >= 15 is 0 Å². The van der Waals surface area contributed by atoms with E-state index in [1.165, 1.54) is 0 Å². The molecule has 0 saturated carbocycles. The summed E-state index contributed by atoms with van der Waals surface area (Å²) < 4.78 is 1.02. The van der Waals surface area contributed by atoms with E-state index in [1.807, 2.05) is 30.3 Å². The van der Waals surface area contributed by atoms with Crippen LogP contribution in [0.4, 0.5) is 0 Å². The molecule has 0 atom stereocenters. The Bertz CT molecular complexity index is 517. The highest BCUT2D eigenvalue weighted by Crippen LogP contribution is 2.12. The fourth-order valence-electron chi connectivity index (χ4n) is 2.09. The monoisotopic (exact) mass is 336 g/mol. The second-order valence-corrected chi connectivity index (χ2v) is 5.63. The van der Waals surface area contributed by atoms with Crippen molar-refractivity contribution in [1.82, 2.24) is 9.80 Å². The van der Waals surface area contributed by atoms with Crippen LogP contribution in [0.25, 0.3) is 6.08 Å². The van der Waals surface area contributed by atoms with Crippen molar-refractivity contribution in [3.63, 3.8) is 0 Å². The number of nitrogens with zero attached hydrogens (tertiary/aromatic N) is 2. The van der Waals surface area contributed by atoms with E-state index in [0.29, 0.717) is 26.2 Å². The lowest BCUT2D eigenvalue weighted by Gasteiger charge is -2.33. The van der Waals surface area contributed by atoms with Gasteiger partial charge >= 0.3 is 0 Å². The van der Waals surface area contributed by atoms with Crippen molar-refractivity contribution in [1.29, 1.82) is 0 Å². The highest BCUT2D eigenvalue weighted by Gasteiger charge is 2.20. The van der Waals surface area contributed by atoms with Crippen LogP contribution in [-0.4, -0.2) is 47.8 Å². The minimum Gasteiger partial charge on any atom is -0.339 e. The molecule has 1 aliphatic heterocycles. The number of amides is 2. The summed E-state index contributed by atoms with van der Waals surface area (Å²) in [4.78, 5) is 26.8. The lowest BCUT2D eigenvalue weighted by Crippen LogP contribution is -2.49. The summed E-state index contributed by atoms with van der Waals surface area (Å²) in [5, 5.41) is 0. The summed E-state index contributed by atoms with van der Waals surface area (Å²) in [5.74, 6) is 0.0682. The number of hydrogen-bond acceptors (Lipinski definition) is 2. The number of rotatable bonds is 2. The lowest BCUT2D eigenvalue weighted by molar-refractivity contribution is -0.135. The standard InChI is InChI=1S/C15H17BrN2O2/c1-12(19)17-8-10-18(11-9-17)15(20)7-4-13-2-5-14(16)6-3-13/h2-7H,8-11H2,1H3. The van der Waals surface area contributed by atoms with Crippen LogP contribution >= 0.6 is 15.9 Å². The molecular weight excluding hydrogens is 320 g/mol. The molecule has 1 aromatic carbocycles. The third-order valence-electron chi connectivity index (χ3n) is 3.33. The predicted molar refractivity (Wildman–Crippen MR) is 82.0 cm³/mol. The molecule has 2 rings (SSSR count). The summed E-state index contributed by atoms with van der Waals surface area (Å²) in [6, 6.07) is 7.77. The molecule has 0 radical (unpaired) electrons. The van der Waals surface area contributed by atoms with Crippen LogP contribution in [0.2, 0.25) is 0 Å². The molecule has 5 heteroatoms. The smallest absolute Gasteiger partial charge is 0.246 e. The first-order chi connectivity index (χ1) is 9.56. The SMILES string of the molecule is CC(=O)N1CCN(C(=O)C=Cc2ccc(Br)cc2)CC1. The van der Waals surface area contributed by atoms with Crippen LogP contribution in [-0.2, 0) is 9.59 Å². The van der Waals surface area contributed by atoms with Gasteiger partial charge in [-0.25, -0.2) is 0 Å². The normalized spacial score (nSPS) is 15.7. The van der Waals surface area contributed by atoms with Crippen LogP contribution in [0.15, 0.2) is 34.8 Å². The van der Waals surface area contributed by atoms with E-state index in [-0.39, 0.29) is 11.8 Å². The van der Waals surface area contributed by atoms with Crippen LogP contribution in [0.1, 0.15) is 12.5 Å². The number of carbonyl (C=O) groups excluding carboxylic acids is 2. The zero-order valence-electron chi connectivity index (χ0n) is 11.4. The molecule has 106 valence electrons. The van der Waals surface area contributed by atoms with Gasteiger partial charge in [0.05, 0.1) is 0 Å². The summed E-state index contributed by atoms with van der Waals surface area (Å²) >= 11 is 3.37. The van der Waals surface area contributed by atoms with Gasteiger partial charge in [-0.05, 0) is 23.8 Å². The number of carbonyl (C=O) groups is 2. The second-order valence-electron chi connectivity index (χ2n) is 4.72. The Morgan fingerprint density at radius 3 is 2.15 bits per heavy atom. The first-order valence-corrected chi connectivity index (χ1v) is 7.33. The van der Waals surface area contributed by atoms with E-state index in [4.69, 9.17) is 0 Å². The Morgan fingerprint density at radius 2 is 1.60 bits per heavy atom. The van der Waals surface area contributed by atoms with E-state index in [9.17, 15) is 9.59 Å². The minimum absolute atomic E-state index is 0.00359. The highest BCUT2D eigenvalue weighted by atomic mass is 79.9. The summed E-state index contributed by atoms with van der Waals surface area (Å²) in [5.41, 5.74) is 0.990. The quantitative estimate of drug-likeness (QED) is 0.776. The molecule has 0 aromatic heterocycles. The molecule has 0 spiro atoms. The molecule has 0 aliphatic carbocycles. The van der Waals surface area contributed by atoms with Gasteiger partial charge in [0, 0.05) is 43.7 Å². The number of benzene rings is 1. The van der Waals surface area contributed by atoms with E-state index in [1.54, 1.807) is 22.8 Å². The summed E-state index contributed by atoms with van der Waals surface area (Å²) in [6.07, 6.45) is 3.40. The van der Waals surface area contributed by atoms with Gasteiger partial charge < -0.3 is 9.80 Å². The zero-order valence-corrected chi connectivity index (χ0v) is 13.0. The van der Waals surface area contributed by atoms with E-state index < -0.39 is 0 Å². The number of piperazine rings is 1. The molecule has 1 heterocycles. The fourth-order valence-corrected chi connectivity index (χ4v) is 2.35. The van der Waals surface area contributed by atoms with Gasteiger partial charge in [-0.2, -0.15) is 0 Å². The third kappa shape index (κ3) is 3.93. The lowest BCUT2D eigenvalue weighted by atomic mass is 10.2. The van der Waals surface area contributed by atoms with E-state index in [0.717, 1.165) is 10.0 Å². The van der Waals surface area contributed by atoms with Crippen molar-refractivity contribution >= 4 is 33.8 Å². The van der Waals surface area contributed by atoms with Crippen LogP contribution in [0.5, 0.6) is 0 Å². The van der Waals surface area contributed by atoms with Crippen LogP contribution in [0.3, 0.4) is 0 Å². The van der Waals surface area contributed by atoms with Gasteiger partial charge in [0.25, 0.3) is 0 Å². The molecule has 0 unspecified atom stereocenters. The van der Waals surface area contributed by atoms with Crippen molar-refractivity contribution in [2.75, 3.05) is 26.2 Å². The third-order valence-corrected chi connectivity index (χ3v) is 3.85. The van der Waals surface area contributed by atoms with Crippen molar-refractivity contribution in [3.8, 4) is 0 Å². The zero-order chi connectivity index (χ0) is 14.5. The van der Waals surface area contributed by atoms with Gasteiger partial charge in [-0.1, -0.05) is 28.1 Å². The van der Waals surface area contributed by atoms with E-state index in [2.05, 4.69) is 15.9 Å². The Morgan fingerprint density at radius 1 is 1.05 bits per heavy atom. The Hall–Kier alpha value is -1.62. The van der Waals surface area contributed by atoms with Crippen molar-refractivity contribution in [2.45, 2.75) is 6.92 Å². The molecule has 4 nitrogen and oxygen atoms in total. The Balaban J connectivity index is 1.89. The Labute approximate surface area is 127 Å². The largest absolute Gasteiger partial charge is 0.339 e. The fraction of sp³-hybridized carbons (Fsp3) is 0.333. The van der Waals surface area contributed by atoms with Gasteiger partial charge in [-0.15, -0.1) is 0 Å². The number of hydrogen-bond donors (Lipinski definition) is 0. The Kier molecular flexibility index (Phi) is 4.95. The molecular formula is C15H17BrN2O2. The van der Waals surface area contributed by atoms with Crippen molar-refractivity contribution in [2.24, 2.45) is 0 Å². The van der Waals surface area contributed by atoms with Gasteiger partial charge in [0.2, 0.25) is 11.8 Å².